The fraction of sp³-hybridized carbons (Fsp3) is 1.00. The topological polar surface area (TPSA) is 46.2 Å². The molecule has 0 aliphatic carbocycles. The highest BCUT2D eigenvalue weighted by molar-refractivity contribution is 7.90. The van der Waals surface area contributed by atoms with Crippen LogP contribution in [0.5, 0.6) is 0 Å². The quantitative estimate of drug-likeness (QED) is 0.791. The molecule has 0 aromatic rings. The molecule has 0 radical (unpaired) electrons. The zero-order chi connectivity index (χ0) is 12.3. The summed E-state index contributed by atoms with van der Waals surface area (Å²) in [5.41, 5.74) is 0.241. The highest BCUT2D eigenvalue weighted by Crippen LogP contribution is 2.26. The lowest BCUT2D eigenvalue weighted by Crippen LogP contribution is -2.44. The van der Waals surface area contributed by atoms with Crippen LogP contribution in [0.15, 0.2) is 0 Å². The van der Waals surface area contributed by atoms with Gasteiger partial charge < -0.3 is 5.32 Å². The van der Waals surface area contributed by atoms with Crippen LogP contribution in [0, 0.1) is 5.41 Å². The number of hydrogen-bond acceptors (Lipinski definition) is 3. The Morgan fingerprint density at radius 2 is 1.53 bits per heavy atom. The van der Waals surface area contributed by atoms with Crippen LogP contribution in [0.4, 0.5) is 0 Å². The van der Waals surface area contributed by atoms with Crippen molar-refractivity contribution >= 4 is 9.84 Å². The molecule has 0 unspecified atom stereocenters. The van der Waals surface area contributed by atoms with E-state index in [4.69, 9.17) is 0 Å². The van der Waals surface area contributed by atoms with Crippen LogP contribution >= 0.6 is 0 Å². The third-order valence-electron chi connectivity index (χ3n) is 2.05. The molecule has 0 bridgehead atoms. The van der Waals surface area contributed by atoms with Gasteiger partial charge in [0.1, 0.15) is 9.84 Å². The SMILES string of the molecule is CC(C)(C)CC(C)(C)NCCS(C)(=O)=O. The van der Waals surface area contributed by atoms with Gasteiger partial charge in [-0.15, -0.1) is 0 Å². The van der Waals surface area contributed by atoms with Crippen LogP contribution in [-0.4, -0.2) is 32.5 Å². The first-order valence-electron chi connectivity index (χ1n) is 5.34. The van der Waals surface area contributed by atoms with Crippen molar-refractivity contribution in [1.29, 1.82) is 0 Å². The summed E-state index contributed by atoms with van der Waals surface area (Å²) < 4.78 is 21.9. The predicted molar refractivity (Wildman–Crippen MR) is 65.9 cm³/mol. The Bertz CT molecular complexity index is 286. The van der Waals surface area contributed by atoms with Crippen molar-refractivity contribution in [2.24, 2.45) is 5.41 Å². The zero-order valence-electron chi connectivity index (χ0n) is 10.8. The molecular weight excluding hydrogens is 210 g/mol. The van der Waals surface area contributed by atoms with Gasteiger partial charge in [0.15, 0.2) is 0 Å². The van der Waals surface area contributed by atoms with E-state index in [-0.39, 0.29) is 16.7 Å². The van der Waals surface area contributed by atoms with Crippen molar-refractivity contribution < 1.29 is 8.42 Å². The highest BCUT2D eigenvalue weighted by atomic mass is 32.2. The largest absolute Gasteiger partial charge is 0.311 e. The molecule has 92 valence electrons. The second kappa shape index (κ2) is 4.83. The smallest absolute Gasteiger partial charge is 0.148 e. The Labute approximate surface area is 94.6 Å². The normalized spacial score (nSPS) is 14.3. The fourth-order valence-corrected chi connectivity index (χ4v) is 2.44. The average molecular weight is 235 g/mol. The first-order chi connectivity index (χ1) is 6.41. The van der Waals surface area contributed by atoms with Gasteiger partial charge in [-0.05, 0) is 25.7 Å². The number of rotatable bonds is 5. The van der Waals surface area contributed by atoms with E-state index in [1.54, 1.807) is 0 Å². The van der Waals surface area contributed by atoms with E-state index < -0.39 is 9.84 Å². The standard InChI is InChI=1S/C11H25NO2S/c1-10(2,3)9-11(4,5)12-7-8-15(6,13)14/h12H,7-9H2,1-6H3. The molecule has 1 N–H and O–H groups in total. The second-order valence-electron chi connectivity index (χ2n) is 6.18. The zero-order valence-corrected chi connectivity index (χ0v) is 11.7. The van der Waals surface area contributed by atoms with Gasteiger partial charge in [0, 0.05) is 18.3 Å². The van der Waals surface area contributed by atoms with Gasteiger partial charge in [0.05, 0.1) is 5.75 Å². The molecule has 0 aromatic carbocycles. The van der Waals surface area contributed by atoms with E-state index in [2.05, 4.69) is 39.9 Å². The monoisotopic (exact) mass is 235 g/mol. The molecule has 0 fully saturated rings. The van der Waals surface area contributed by atoms with Crippen LogP contribution in [-0.2, 0) is 9.84 Å². The molecule has 0 amide bonds. The summed E-state index contributed by atoms with van der Waals surface area (Å²) in [6.45, 7) is 11.3. The third-order valence-corrected chi connectivity index (χ3v) is 2.99. The summed E-state index contributed by atoms with van der Waals surface area (Å²) in [5, 5.41) is 3.29. The Morgan fingerprint density at radius 1 is 1.07 bits per heavy atom. The summed E-state index contributed by atoms with van der Waals surface area (Å²) in [6, 6.07) is 0. The Hall–Kier alpha value is -0.0900. The van der Waals surface area contributed by atoms with Gasteiger partial charge in [0.25, 0.3) is 0 Å². The summed E-state index contributed by atoms with van der Waals surface area (Å²) in [6.07, 6.45) is 2.29. The average Bonchev–Trinajstić information content (AvgIpc) is 1.75. The summed E-state index contributed by atoms with van der Waals surface area (Å²) in [7, 11) is -2.85. The van der Waals surface area contributed by atoms with E-state index in [1.165, 1.54) is 6.26 Å². The van der Waals surface area contributed by atoms with E-state index >= 15 is 0 Å². The molecule has 0 atom stereocenters. The first kappa shape index (κ1) is 14.9. The lowest BCUT2D eigenvalue weighted by Gasteiger charge is -2.33. The van der Waals surface area contributed by atoms with Crippen molar-refractivity contribution in [3.8, 4) is 0 Å². The molecule has 3 nitrogen and oxygen atoms in total. The van der Waals surface area contributed by atoms with Crippen LogP contribution in [0.3, 0.4) is 0 Å². The molecule has 0 saturated carbocycles. The molecule has 0 rings (SSSR count). The molecule has 0 aliphatic heterocycles. The third kappa shape index (κ3) is 10.2. The van der Waals surface area contributed by atoms with Crippen molar-refractivity contribution in [2.45, 2.75) is 46.6 Å². The van der Waals surface area contributed by atoms with Gasteiger partial charge in [0.2, 0.25) is 0 Å². The Kier molecular flexibility index (Phi) is 4.80. The minimum atomic E-state index is -2.85. The molecule has 15 heavy (non-hydrogen) atoms. The Balaban J connectivity index is 4.06. The van der Waals surface area contributed by atoms with Gasteiger partial charge in [-0.25, -0.2) is 8.42 Å². The molecular formula is C11H25NO2S. The second-order valence-corrected chi connectivity index (χ2v) is 8.44. The molecule has 0 aliphatic rings. The first-order valence-corrected chi connectivity index (χ1v) is 7.40. The van der Waals surface area contributed by atoms with Crippen molar-refractivity contribution in [2.75, 3.05) is 18.6 Å². The van der Waals surface area contributed by atoms with Crippen molar-refractivity contribution in [1.82, 2.24) is 5.32 Å². The summed E-state index contributed by atoms with van der Waals surface area (Å²) in [4.78, 5) is 0. The van der Waals surface area contributed by atoms with Gasteiger partial charge in [-0.1, -0.05) is 20.8 Å². The fourth-order valence-electron chi connectivity index (χ4n) is 1.96. The molecule has 4 heteroatoms. The maximum atomic E-state index is 11.0. The lowest BCUT2D eigenvalue weighted by atomic mass is 9.82. The number of hydrogen-bond donors (Lipinski definition) is 1. The molecule has 0 heterocycles. The van der Waals surface area contributed by atoms with Crippen molar-refractivity contribution in [3.05, 3.63) is 0 Å². The van der Waals surface area contributed by atoms with E-state index in [0.717, 1.165) is 6.42 Å². The van der Waals surface area contributed by atoms with E-state index in [9.17, 15) is 8.42 Å². The van der Waals surface area contributed by atoms with E-state index in [1.807, 2.05) is 0 Å². The number of nitrogens with one attached hydrogen (secondary N) is 1. The lowest BCUT2D eigenvalue weighted by molar-refractivity contribution is 0.246. The maximum absolute atomic E-state index is 11.0. The minimum Gasteiger partial charge on any atom is -0.311 e. The molecule has 0 spiro atoms. The van der Waals surface area contributed by atoms with Crippen molar-refractivity contribution in [3.63, 3.8) is 0 Å². The van der Waals surface area contributed by atoms with Crippen LogP contribution < -0.4 is 5.32 Å². The highest BCUT2D eigenvalue weighted by Gasteiger charge is 2.24. The summed E-state index contributed by atoms with van der Waals surface area (Å²) >= 11 is 0. The number of sulfone groups is 1. The van der Waals surface area contributed by atoms with Crippen LogP contribution in [0.25, 0.3) is 0 Å². The van der Waals surface area contributed by atoms with Gasteiger partial charge >= 0.3 is 0 Å². The van der Waals surface area contributed by atoms with Crippen LogP contribution in [0.2, 0.25) is 0 Å². The Morgan fingerprint density at radius 3 is 1.87 bits per heavy atom. The summed E-state index contributed by atoms with van der Waals surface area (Å²) in [5.74, 6) is 0.209. The molecule has 0 saturated heterocycles. The van der Waals surface area contributed by atoms with Crippen LogP contribution in [0.1, 0.15) is 41.0 Å². The van der Waals surface area contributed by atoms with Gasteiger partial charge in [-0.2, -0.15) is 0 Å². The van der Waals surface area contributed by atoms with Gasteiger partial charge in [-0.3, -0.25) is 0 Å². The maximum Gasteiger partial charge on any atom is 0.148 e. The molecule has 0 aromatic heterocycles. The van der Waals surface area contributed by atoms with E-state index in [0.29, 0.717) is 6.54 Å². The minimum absolute atomic E-state index is 0.0110. The predicted octanol–water partition coefficient (Wildman–Crippen LogP) is 1.84.